The van der Waals surface area contributed by atoms with Gasteiger partial charge < -0.3 is 4.74 Å². The molecule has 84 valence electrons. The van der Waals surface area contributed by atoms with Crippen LogP contribution in [0.4, 0.5) is 0 Å². The average Bonchev–Trinajstić information content (AvgIpc) is 2.52. The summed E-state index contributed by atoms with van der Waals surface area (Å²) in [7, 11) is -3.37. The van der Waals surface area contributed by atoms with Crippen LogP contribution < -0.4 is 4.74 Å². The van der Waals surface area contributed by atoms with Gasteiger partial charge in [0.25, 0.3) is 0 Å². The number of rotatable bonds is 3. The van der Waals surface area contributed by atoms with Crippen molar-refractivity contribution in [3.05, 3.63) is 35.6 Å². The van der Waals surface area contributed by atoms with Crippen molar-refractivity contribution in [2.75, 3.05) is 6.61 Å². The lowest BCUT2D eigenvalue weighted by Gasteiger charge is -2.02. The Bertz CT molecular complexity index is 551. The smallest absolute Gasteiger partial charge is 0.225 e. The first kappa shape index (κ1) is 11.3. The number of sulfone groups is 1. The fourth-order valence-electron chi connectivity index (χ4n) is 1.09. The second-order valence-corrected chi connectivity index (χ2v) is 5.98. The van der Waals surface area contributed by atoms with Crippen molar-refractivity contribution in [1.82, 2.24) is 4.98 Å². The van der Waals surface area contributed by atoms with Gasteiger partial charge in [-0.2, -0.15) is 0 Å². The average molecular weight is 303 g/mol. The molecule has 1 aromatic rings. The van der Waals surface area contributed by atoms with Crippen molar-refractivity contribution in [2.45, 2.75) is 0 Å². The molecule has 2 rings (SSSR count). The van der Waals surface area contributed by atoms with E-state index >= 15 is 0 Å². The Morgan fingerprint density at radius 3 is 2.81 bits per heavy atom. The zero-order chi connectivity index (χ0) is 11.6. The minimum atomic E-state index is -3.37. The molecule has 0 aliphatic carbocycles. The van der Waals surface area contributed by atoms with Crippen LogP contribution in [0.1, 0.15) is 0 Å². The third kappa shape index (κ3) is 2.48. The third-order valence-electron chi connectivity index (χ3n) is 1.78. The first-order valence-corrected chi connectivity index (χ1v) is 6.64. The second-order valence-electron chi connectivity index (χ2n) is 3.00. The van der Waals surface area contributed by atoms with E-state index in [0.29, 0.717) is 11.4 Å². The number of hydrogen-bond acceptors (Lipinski definition) is 5. The van der Waals surface area contributed by atoms with E-state index in [9.17, 15) is 8.42 Å². The monoisotopic (exact) mass is 302 g/mol. The van der Waals surface area contributed by atoms with Crippen LogP contribution in [0.15, 0.2) is 40.6 Å². The van der Waals surface area contributed by atoms with Gasteiger partial charge in [-0.15, -0.1) is 0 Å². The van der Waals surface area contributed by atoms with Gasteiger partial charge in [0, 0.05) is 6.20 Å². The number of halogens is 1. The van der Waals surface area contributed by atoms with E-state index in [0.717, 1.165) is 5.41 Å². The second kappa shape index (κ2) is 4.34. The van der Waals surface area contributed by atoms with Gasteiger partial charge in [0.15, 0.2) is 0 Å². The molecule has 0 unspecified atom stereocenters. The van der Waals surface area contributed by atoms with E-state index < -0.39 is 9.84 Å². The highest BCUT2D eigenvalue weighted by Gasteiger charge is 2.22. The zero-order valence-electron chi connectivity index (χ0n) is 8.00. The standard InChI is InChI=1S/C9H7BrN2O3S/c10-9-12-7(6-16(9,13)14)5-15-8-2-1-3-11-4-8/h1-4,6H,5H2. The molecule has 0 radical (unpaired) electrons. The Morgan fingerprint density at radius 2 is 2.25 bits per heavy atom. The van der Waals surface area contributed by atoms with Crippen LogP contribution >= 0.6 is 15.9 Å². The number of aromatic nitrogens is 1. The number of ether oxygens (including phenoxy) is 1. The molecule has 0 fully saturated rings. The quantitative estimate of drug-likeness (QED) is 0.848. The molecule has 0 atom stereocenters. The summed E-state index contributed by atoms with van der Waals surface area (Å²) in [5.41, 5.74) is 0.357. The SMILES string of the molecule is O=S1(=O)C=C(COc2cccnc2)N=C1Br. The molecule has 0 bridgehead atoms. The molecule has 1 aliphatic heterocycles. The van der Waals surface area contributed by atoms with Crippen molar-refractivity contribution in [3.63, 3.8) is 0 Å². The van der Waals surface area contributed by atoms with E-state index in [1.54, 1.807) is 24.5 Å². The predicted molar refractivity (Wildman–Crippen MR) is 63.1 cm³/mol. The molecule has 16 heavy (non-hydrogen) atoms. The first-order valence-electron chi connectivity index (χ1n) is 4.30. The van der Waals surface area contributed by atoms with Crippen LogP contribution in [0.5, 0.6) is 5.75 Å². The summed E-state index contributed by atoms with van der Waals surface area (Å²) in [4.78, 5) is 7.68. The van der Waals surface area contributed by atoms with E-state index in [1.807, 2.05) is 0 Å². The van der Waals surface area contributed by atoms with Crippen molar-refractivity contribution in [2.24, 2.45) is 4.99 Å². The van der Waals surface area contributed by atoms with Crippen molar-refractivity contribution >= 4 is 29.7 Å². The molecule has 7 heteroatoms. The molecule has 2 heterocycles. The zero-order valence-corrected chi connectivity index (χ0v) is 10.4. The van der Waals surface area contributed by atoms with E-state index in [2.05, 4.69) is 25.9 Å². The molecule has 0 spiro atoms. The largest absolute Gasteiger partial charge is 0.486 e. The molecule has 0 aromatic carbocycles. The summed E-state index contributed by atoms with van der Waals surface area (Å²) >= 11 is 2.87. The Morgan fingerprint density at radius 1 is 1.44 bits per heavy atom. The van der Waals surface area contributed by atoms with Crippen LogP contribution in [0.3, 0.4) is 0 Å². The van der Waals surface area contributed by atoms with Gasteiger partial charge in [-0.25, -0.2) is 13.4 Å². The maximum absolute atomic E-state index is 11.3. The minimum Gasteiger partial charge on any atom is -0.486 e. The topological polar surface area (TPSA) is 68.6 Å². The molecular weight excluding hydrogens is 296 g/mol. The molecular formula is C9H7BrN2O3S. The lowest BCUT2D eigenvalue weighted by Crippen LogP contribution is -1.99. The Hall–Kier alpha value is -1.21. The van der Waals surface area contributed by atoms with Crippen molar-refractivity contribution in [1.29, 1.82) is 0 Å². The maximum atomic E-state index is 11.3. The van der Waals surface area contributed by atoms with Gasteiger partial charge in [0.1, 0.15) is 12.4 Å². The number of aliphatic imine (C=N–C) groups is 1. The summed E-state index contributed by atoms with van der Waals surface area (Å²) in [6.07, 6.45) is 3.17. The fourth-order valence-corrected chi connectivity index (χ4v) is 2.42. The van der Waals surface area contributed by atoms with Gasteiger partial charge >= 0.3 is 0 Å². The Balaban J connectivity index is 2.04. The van der Waals surface area contributed by atoms with Gasteiger partial charge in [0.05, 0.1) is 17.3 Å². The van der Waals surface area contributed by atoms with Crippen LogP contribution in [-0.2, 0) is 9.84 Å². The highest BCUT2D eigenvalue weighted by atomic mass is 79.9. The number of nitrogens with zero attached hydrogens (tertiary/aromatic N) is 2. The summed E-state index contributed by atoms with van der Waals surface area (Å²) in [5, 5.41) is 1.08. The van der Waals surface area contributed by atoms with Gasteiger partial charge in [-0.1, -0.05) is 0 Å². The lowest BCUT2D eigenvalue weighted by molar-refractivity contribution is 0.350. The molecule has 1 aliphatic rings. The summed E-state index contributed by atoms with van der Waals surface area (Å²) in [6, 6.07) is 3.46. The van der Waals surface area contributed by atoms with Gasteiger partial charge in [0.2, 0.25) is 13.8 Å². The highest BCUT2D eigenvalue weighted by molar-refractivity contribution is 9.21. The Kier molecular flexibility index (Phi) is 3.06. The van der Waals surface area contributed by atoms with Crippen LogP contribution in [0.25, 0.3) is 0 Å². The van der Waals surface area contributed by atoms with E-state index in [1.165, 1.54) is 0 Å². The van der Waals surface area contributed by atoms with Crippen LogP contribution in [0, 0.1) is 0 Å². The van der Waals surface area contributed by atoms with E-state index in [4.69, 9.17) is 4.74 Å². The molecule has 0 saturated heterocycles. The van der Waals surface area contributed by atoms with Crippen LogP contribution in [0.2, 0.25) is 0 Å². The molecule has 5 nitrogen and oxygen atoms in total. The molecule has 0 saturated carbocycles. The fraction of sp³-hybridized carbons (Fsp3) is 0.111. The maximum Gasteiger partial charge on any atom is 0.225 e. The summed E-state index contributed by atoms with van der Waals surface area (Å²) in [5.74, 6) is 0.569. The molecule has 0 N–H and O–H groups in total. The Labute approximate surface area is 101 Å². The minimum absolute atomic E-state index is 0.0789. The van der Waals surface area contributed by atoms with E-state index in [-0.39, 0.29) is 10.6 Å². The van der Waals surface area contributed by atoms with Crippen LogP contribution in [-0.4, -0.2) is 24.0 Å². The van der Waals surface area contributed by atoms with Gasteiger partial charge in [-0.05, 0) is 28.1 Å². The van der Waals surface area contributed by atoms with Crippen molar-refractivity contribution in [3.8, 4) is 5.75 Å². The number of pyridine rings is 1. The van der Waals surface area contributed by atoms with Crippen molar-refractivity contribution < 1.29 is 13.2 Å². The highest BCUT2D eigenvalue weighted by Crippen LogP contribution is 2.19. The third-order valence-corrected chi connectivity index (χ3v) is 4.45. The molecule has 1 aromatic heterocycles. The lowest BCUT2D eigenvalue weighted by atomic mass is 10.4. The summed E-state index contributed by atoms with van der Waals surface area (Å²) in [6.45, 7) is 0.0972. The molecule has 0 amide bonds. The predicted octanol–water partition coefficient (Wildman–Crippen LogP) is 1.48. The number of hydrogen-bond donors (Lipinski definition) is 0. The normalized spacial score (nSPS) is 17.8. The first-order chi connectivity index (χ1) is 7.58. The summed E-state index contributed by atoms with van der Waals surface area (Å²) < 4.78 is 27.8. The van der Waals surface area contributed by atoms with Gasteiger partial charge in [-0.3, -0.25) is 4.98 Å².